The first-order valence-electron chi connectivity index (χ1n) is 9.20. The first-order valence-corrected chi connectivity index (χ1v) is 10.9. The maximum Gasteiger partial charge on any atom is 0.197 e. The van der Waals surface area contributed by atoms with Gasteiger partial charge in [0.25, 0.3) is 0 Å². The number of H-pyrrole nitrogens is 1. The highest BCUT2D eigenvalue weighted by Crippen LogP contribution is 2.23. The van der Waals surface area contributed by atoms with Gasteiger partial charge in [0.05, 0.1) is 46.0 Å². The summed E-state index contributed by atoms with van der Waals surface area (Å²) < 4.78 is 24.2. The molecule has 3 aromatic rings. The summed E-state index contributed by atoms with van der Waals surface area (Å²) in [7, 11) is -1.36. The van der Waals surface area contributed by atoms with E-state index >= 15 is 0 Å². The predicted molar refractivity (Wildman–Crippen MR) is 111 cm³/mol. The van der Waals surface area contributed by atoms with Gasteiger partial charge in [0, 0.05) is 16.8 Å². The molecule has 0 aliphatic heterocycles. The minimum atomic E-state index is -1.36. The van der Waals surface area contributed by atoms with E-state index in [1.807, 2.05) is 19.9 Å². The molecule has 0 spiro atoms. The molecule has 6 nitrogen and oxygen atoms in total. The van der Waals surface area contributed by atoms with Crippen molar-refractivity contribution in [3.63, 3.8) is 0 Å². The van der Waals surface area contributed by atoms with E-state index in [-0.39, 0.29) is 11.9 Å². The van der Waals surface area contributed by atoms with Gasteiger partial charge in [-0.3, -0.25) is 9.19 Å². The van der Waals surface area contributed by atoms with Crippen LogP contribution in [0, 0.1) is 6.92 Å². The third-order valence-electron chi connectivity index (χ3n) is 4.48. The maximum atomic E-state index is 12.8. The third kappa shape index (κ3) is 5.10. The number of hydrogen-bond donors (Lipinski definition) is 1. The number of benzene rings is 1. The van der Waals surface area contributed by atoms with Crippen molar-refractivity contribution in [2.24, 2.45) is 0 Å². The highest BCUT2D eigenvalue weighted by atomic mass is 35.5. The summed E-state index contributed by atoms with van der Waals surface area (Å²) in [4.78, 5) is 11.8. The van der Waals surface area contributed by atoms with Crippen LogP contribution < -0.4 is 4.74 Å². The van der Waals surface area contributed by atoms with Gasteiger partial charge in [0.2, 0.25) is 0 Å². The Morgan fingerprint density at radius 1 is 1.29 bits per heavy atom. The molecule has 8 heteroatoms. The summed E-state index contributed by atoms with van der Waals surface area (Å²) in [6.07, 6.45) is 2.86. The lowest BCUT2D eigenvalue weighted by molar-refractivity contribution is 0.0425. The number of imidazole rings is 1. The highest BCUT2D eigenvalue weighted by molar-refractivity contribution is 7.84. The number of fused-ring (bicyclic) bond motifs is 1. The molecule has 28 heavy (non-hydrogen) atoms. The number of aromatic amines is 1. The van der Waals surface area contributed by atoms with Crippen LogP contribution in [-0.4, -0.2) is 38.5 Å². The monoisotopic (exact) mass is 421 g/mol. The minimum absolute atomic E-state index is 0.221. The van der Waals surface area contributed by atoms with Gasteiger partial charge in [-0.15, -0.1) is 0 Å². The zero-order valence-corrected chi connectivity index (χ0v) is 17.8. The van der Waals surface area contributed by atoms with E-state index in [0.29, 0.717) is 23.4 Å². The molecular formula is C20H24ClN3O3S. The number of ether oxygens (including phenoxy) is 2. The quantitative estimate of drug-likeness (QED) is 0.517. The van der Waals surface area contributed by atoms with E-state index in [0.717, 1.165) is 34.5 Å². The SMILES string of the molecule is CCC(C)OCCOc1ccnc(CS(=O)c2nc3ccc(Cl)cc3[nH]2)c1C. The lowest BCUT2D eigenvalue weighted by atomic mass is 10.2. The molecule has 0 aliphatic rings. The van der Waals surface area contributed by atoms with E-state index in [4.69, 9.17) is 21.1 Å². The van der Waals surface area contributed by atoms with Gasteiger partial charge in [0.15, 0.2) is 5.16 Å². The largest absolute Gasteiger partial charge is 0.491 e. The van der Waals surface area contributed by atoms with Gasteiger partial charge >= 0.3 is 0 Å². The Morgan fingerprint density at radius 3 is 2.89 bits per heavy atom. The van der Waals surface area contributed by atoms with Gasteiger partial charge in [0.1, 0.15) is 12.4 Å². The van der Waals surface area contributed by atoms with Crippen molar-refractivity contribution in [1.29, 1.82) is 0 Å². The molecule has 0 saturated heterocycles. The Labute approximate surface area is 172 Å². The van der Waals surface area contributed by atoms with Crippen molar-refractivity contribution in [3.8, 4) is 5.75 Å². The lowest BCUT2D eigenvalue weighted by Crippen LogP contribution is -2.14. The summed E-state index contributed by atoms with van der Waals surface area (Å²) in [6.45, 7) is 7.03. The molecule has 0 saturated carbocycles. The lowest BCUT2D eigenvalue weighted by Gasteiger charge is -2.14. The van der Waals surface area contributed by atoms with E-state index < -0.39 is 10.8 Å². The average Bonchev–Trinajstić information content (AvgIpc) is 3.10. The van der Waals surface area contributed by atoms with E-state index in [2.05, 4.69) is 21.9 Å². The Hall–Kier alpha value is -1.96. The van der Waals surface area contributed by atoms with Crippen LogP contribution in [0.4, 0.5) is 0 Å². The van der Waals surface area contributed by atoms with Crippen molar-refractivity contribution >= 4 is 33.4 Å². The van der Waals surface area contributed by atoms with Gasteiger partial charge < -0.3 is 14.5 Å². The number of pyridine rings is 1. The predicted octanol–water partition coefficient (Wildman–Crippen LogP) is 4.42. The van der Waals surface area contributed by atoms with Crippen LogP contribution in [-0.2, 0) is 21.3 Å². The van der Waals surface area contributed by atoms with Crippen LogP contribution in [0.2, 0.25) is 5.02 Å². The van der Waals surface area contributed by atoms with Crippen LogP contribution in [0.3, 0.4) is 0 Å². The van der Waals surface area contributed by atoms with Crippen LogP contribution in [0.1, 0.15) is 31.5 Å². The fraction of sp³-hybridized carbons (Fsp3) is 0.400. The number of nitrogens with one attached hydrogen (secondary N) is 1. The molecule has 150 valence electrons. The van der Waals surface area contributed by atoms with Gasteiger partial charge in [-0.1, -0.05) is 18.5 Å². The molecule has 0 amide bonds. The Morgan fingerprint density at radius 2 is 2.11 bits per heavy atom. The van der Waals surface area contributed by atoms with Crippen molar-refractivity contribution in [2.45, 2.75) is 44.2 Å². The summed E-state index contributed by atoms with van der Waals surface area (Å²) in [5.74, 6) is 0.978. The summed E-state index contributed by atoms with van der Waals surface area (Å²) >= 11 is 6.00. The highest BCUT2D eigenvalue weighted by Gasteiger charge is 2.15. The molecule has 1 aromatic carbocycles. The Kier molecular flexibility index (Phi) is 7.04. The molecular weight excluding hydrogens is 398 g/mol. The maximum absolute atomic E-state index is 12.8. The smallest absolute Gasteiger partial charge is 0.197 e. The first kappa shape index (κ1) is 20.8. The Balaban J connectivity index is 1.67. The van der Waals surface area contributed by atoms with Gasteiger partial charge in [-0.2, -0.15) is 0 Å². The van der Waals surface area contributed by atoms with Gasteiger partial charge in [-0.25, -0.2) is 4.98 Å². The fourth-order valence-electron chi connectivity index (χ4n) is 2.64. The second-order valence-electron chi connectivity index (χ2n) is 6.51. The van der Waals surface area contributed by atoms with Gasteiger partial charge in [-0.05, 0) is 44.5 Å². The molecule has 0 radical (unpaired) electrons. The topological polar surface area (TPSA) is 77.1 Å². The number of halogens is 1. The fourth-order valence-corrected chi connectivity index (χ4v) is 3.91. The van der Waals surface area contributed by atoms with Crippen molar-refractivity contribution < 1.29 is 13.7 Å². The van der Waals surface area contributed by atoms with Crippen LogP contribution in [0.25, 0.3) is 11.0 Å². The average molecular weight is 422 g/mol. The number of hydrogen-bond acceptors (Lipinski definition) is 5. The molecule has 0 aliphatic carbocycles. The molecule has 2 aromatic heterocycles. The molecule has 3 rings (SSSR count). The zero-order valence-electron chi connectivity index (χ0n) is 16.2. The number of aromatic nitrogens is 3. The van der Waals surface area contributed by atoms with Crippen LogP contribution >= 0.6 is 11.6 Å². The summed E-state index contributed by atoms with van der Waals surface area (Å²) in [5, 5.41) is 1.01. The molecule has 2 unspecified atom stereocenters. The van der Waals surface area contributed by atoms with Crippen molar-refractivity contribution in [2.75, 3.05) is 13.2 Å². The normalized spacial score (nSPS) is 13.6. The second-order valence-corrected chi connectivity index (χ2v) is 8.32. The Bertz CT molecular complexity index is 976. The summed E-state index contributed by atoms with van der Waals surface area (Å²) in [5.41, 5.74) is 3.09. The van der Waals surface area contributed by atoms with Crippen molar-refractivity contribution in [3.05, 3.63) is 46.7 Å². The van der Waals surface area contributed by atoms with Crippen molar-refractivity contribution in [1.82, 2.24) is 15.0 Å². The number of nitrogens with zero attached hydrogens (tertiary/aromatic N) is 2. The second kappa shape index (κ2) is 9.49. The third-order valence-corrected chi connectivity index (χ3v) is 5.88. The van der Waals surface area contributed by atoms with E-state index in [9.17, 15) is 4.21 Å². The molecule has 2 atom stereocenters. The standard InChI is InChI=1S/C20H24ClN3O3S/c1-4-13(2)26-9-10-27-19-7-8-22-18(14(19)3)12-28(25)20-23-16-6-5-15(21)11-17(16)24-20/h5-8,11,13H,4,9-10,12H2,1-3H3,(H,23,24). The number of rotatable bonds is 9. The molecule has 2 heterocycles. The first-order chi connectivity index (χ1) is 13.5. The minimum Gasteiger partial charge on any atom is -0.491 e. The van der Waals surface area contributed by atoms with Crippen LogP contribution in [0.5, 0.6) is 5.75 Å². The molecule has 0 bridgehead atoms. The van der Waals surface area contributed by atoms with Crippen LogP contribution in [0.15, 0.2) is 35.6 Å². The molecule has 1 N–H and O–H groups in total. The van der Waals surface area contributed by atoms with E-state index in [1.165, 1.54) is 0 Å². The van der Waals surface area contributed by atoms with E-state index in [1.54, 1.807) is 24.4 Å². The zero-order chi connectivity index (χ0) is 20.1. The summed E-state index contributed by atoms with van der Waals surface area (Å²) in [6, 6.07) is 7.14. The molecule has 0 fully saturated rings.